The van der Waals surface area contributed by atoms with Crippen molar-refractivity contribution in [3.8, 4) is 5.75 Å². The van der Waals surface area contributed by atoms with Crippen molar-refractivity contribution >= 4 is 23.2 Å². The van der Waals surface area contributed by atoms with Gasteiger partial charge in [-0.25, -0.2) is 0 Å². The van der Waals surface area contributed by atoms with Gasteiger partial charge in [-0.3, -0.25) is 25.4 Å². The van der Waals surface area contributed by atoms with Crippen LogP contribution in [0.15, 0.2) is 54.2 Å². The van der Waals surface area contributed by atoms with Gasteiger partial charge < -0.3 is 4.74 Å². The number of thiazole rings is 1. The lowest BCUT2D eigenvalue weighted by molar-refractivity contribution is 0.0848. The Bertz CT molecular complexity index is 983. The van der Waals surface area contributed by atoms with Crippen LogP contribution in [-0.4, -0.2) is 16.8 Å². The molecule has 3 aromatic rings. The molecule has 29 heavy (non-hydrogen) atoms. The molecule has 0 aliphatic heterocycles. The first-order valence-corrected chi connectivity index (χ1v) is 10.1. The van der Waals surface area contributed by atoms with Gasteiger partial charge in [0.2, 0.25) is 0 Å². The number of nitrogens with one attached hydrogen (secondary N) is 2. The van der Waals surface area contributed by atoms with Gasteiger partial charge in [-0.1, -0.05) is 38.1 Å². The highest BCUT2D eigenvalue weighted by Crippen LogP contribution is 2.28. The molecule has 1 heterocycles. The summed E-state index contributed by atoms with van der Waals surface area (Å²) in [6, 6.07) is 13.3. The summed E-state index contributed by atoms with van der Waals surface area (Å²) < 4.78 is 6.02. The summed E-state index contributed by atoms with van der Waals surface area (Å²) >= 11 is 1.20. The molecule has 0 unspecified atom stereocenters. The molecule has 3 rings (SSSR count). The van der Waals surface area contributed by atoms with Crippen molar-refractivity contribution in [1.29, 1.82) is 0 Å². The van der Waals surface area contributed by atoms with Gasteiger partial charge in [0, 0.05) is 5.56 Å². The third kappa shape index (κ3) is 5.42. The van der Waals surface area contributed by atoms with E-state index < -0.39 is 11.8 Å². The number of carbonyl (C=O) groups excluding carboxylic acids is 2. The predicted octanol–water partition coefficient (Wildman–Crippen LogP) is 4.23. The number of nitrogens with zero attached hydrogens (tertiary/aromatic N) is 1. The van der Waals surface area contributed by atoms with Crippen LogP contribution in [0.4, 0.5) is 0 Å². The van der Waals surface area contributed by atoms with Crippen LogP contribution in [0, 0.1) is 6.92 Å². The lowest BCUT2D eigenvalue weighted by Crippen LogP contribution is -2.41. The number of benzene rings is 2. The molecule has 2 amide bonds. The maximum absolute atomic E-state index is 12.2. The molecule has 0 radical (unpaired) electrons. The Hall–Kier alpha value is -3.19. The summed E-state index contributed by atoms with van der Waals surface area (Å²) in [5, 5.41) is 0. The van der Waals surface area contributed by atoms with E-state index in [0.717, 1.165) is 16.9 Å². The van der Waals surface area contributed by atoms with E-state index in [1.807, 2.05) is 25.1 Å². The van der Waals surface area contributed by atoms with Crippen molar-refractivity contribution in [2.45, 2.75) is 33.3 Å². The number of amides is 2. The first-order valence-electron chi connectivity index (χ1n) is 9.25. The average Bonchev–Trinajstić information content (AvgIpc) is 3.25. The summed E-state index contributed by atoms with van der Waals surface area (Å²) in [7, 11) is 0. The lowest BCUT2D eigenvalue weighted by atomic mass is 10.0. The van der Waals surface area contributed by atoms with Gasteiger partial charge in [0.15, 0.2) is 0 Å². The summed E-state index contributed by atoms with van der Waals surface area (Å²) in [5.74, 6) is 0.463. The van der Waals surface area contributed by atoms with Crippen LogP contribution >= 0.6 is 11.3 Å². The van der Waals surface area contributed by atoms with E-state index in [0.29, 0.717) is 23.0 Å². The summed E-state index contributed by atoms with van der Waals surface area (Å²) in [6.45, 7) is 6.72. The fraction of sp³-hybridized carbons (Fsp3) is 0.227. The molecule has 0 atom stereocenters. The van der Waals surface area contributed by atoms with E-state index in [1.165, 1.54) is 23.1 Å². The van der Waals surface area contributed by atoms with E-state index in [2.05, 4.69) is 41.8 Å². The number of rotatable bonds is 6. The van der Waals surface area contributed by atoms with Crippen molar-refractivity contribution in [2.24, 2.45) is 0 Å². The molecule has 0 bridgehead atoms. The summed E-state index contributed by atoms with van der Waals surface area (Å²) in [4.78, 5) is 28.3. The van der Waals surface area contributed by atoms with Crippen molar-refractivity contribution < 1.29 is 14.3 Å². The van der Waals surface area contributed by atoms with Gasteiger partial charge in [-0.05, 0) is 47.7 Å². The van der Waals surface area contributed by atoms with Crippen LogP contribution in [0.1, 0.15) is 56.5 Å². The number of ether oxygens (including phenoxy) is 1. The molecule has 0 saturated heterocycles. The zero-order valence-corrected chi connectivity index (χ0v) is 17.4. The molecule has 6 nitrogen and oxygen atoms in total. The lowest BCUT2D eigenvalue weighted by Gasteiger charge is -2.15. The standard InChI is InChI=1S/C22H23N3O3S/c1-14(2)18-9-4-15(3)10-19(18)28-12-16-5-7-17(8-6-16)21(26)24-25-22(27)20-11-23-13-29-20/h4-11,13-14H,12H2,1-3H3,(H,24,26)(H,25,27). The van der Waals surface area contributed by atoms with Gasteiger partial charge in [0.1, 0.15) is 17.2 Å². The Morgan fingerprint density at radius 2 is 1.79 bits per heavy atom. The molecule has 7 heteroatoms. The van der Waals surface area contributed by atoms with Gasteiger partial charge in [-0.2, -0.15) is 0 Å². The number of carbonyl (C=O) groups is 2. The Labute approximate surface area is 173 Å². The van der Waals surface area contributed by atoms with E-state index in [1.54, 1.807) is 17.6 Å². The molecule has 2 aromatic carbocycles. The van der Waals surface area contributed by atoms with E-state index in [4.69, 9.17) is 4.74 Å². The molecule has 0 fully saturated rings. The van der Waals surface area contributed by atoms with Gasteiger partial charge in [0.25, 0.3) is 11.8 Å². The summed E-state index contributed by atoms with van der Waals surface area (Å²) in [6.07, 6.45) is 1.44. The van der Waals surface area contributed by atoms with Crippen molar-refractivity contribution in [1.82, 2.24) is 15.8 Å². The van der Waals surface area contributed by atoms with Crippen LogP contribution in [0.5, 0.6) is 5.75 Å². The highest BCUT2D eigenvalue weighted by atomic mass is 32.1. The zero-order valence-electron chi connectivity index (χ0n) is 16.6. The SMILES string of the molecule is Cc1ccc(C(C)C)c(OCc2ccc(C(=O)NNC(=O)c3cncs3)cc2)c1. The van der Waals surface area contributed by atoms with E-state index >= 15 is 0 Å². The molecule has 0 aliphatic rings. The highest BCUT2D eigenvalue weighted by molar-refractivity contribution is 7.11. The summed E-state index contributed by atoms with van der Waals surface area (Å²) in [5.41, 5.74) is 10.0. The van der Waals surface area contributed by atoms with Crippen molar-refractivity contribution in [3.63, 3.8) is 0 Å². The van der Waals surface area contributed by atoms with Crippen LogP contribution in [0.2, 0.25) is 0 Å². The van der Waals surface area contributed by atoms with Gasteiger partial charge in [0.05, 0.1) is 11.7 Å². The minimum atomic E-state index is -0.398. The highest BCUT2D eigenvalue weighted by Gasteiger charge is 2.11. The third-order valence-electron chi connectivity index (χ3n) is 4.35. The number of aromatic nitrogens is 1. The molecule has 0 saturated carbocycles. The molecular weight excluding hydrogens is 386 g/mol. The topological polar surface area (TPSA) is 80.3 Å². The van der Waals surface area contributed by atoms with Gasteiger partial charge >= 0.3 is 0 Å². The van der Waals surface area contributed by atoms with Crippen LogP contribution in [0.25, 0.3) is 0 Å². The van der Waals surface area contributed by atoms with Crippen LogP contribution < -0.4 is 15.6 Å². The number of hydrogen-bond acceptors (Lipinski definition) is 5. The zero-order chi connectivity index (χ0) is 20.8. The number of hydrogen-bond donors (Lipinski definition) is 2. The van der Waals surface area contributed by atoms with Gasteiger partial charge in [-0.15, -0.1) is 11.3 Å². The van der Waals surface area contributed by atoms with Crippen molar-refractivity contribution in [3.05, 3.63) is 81.3 Å². The van der Waals surface area contributed by atoms with Crippen molar-refractivity contribution in [2.75, 3.05) is 0 Å². The quantitative estimate of drug-likeness (QED) is 0.597. The fourth-order valence-corrected chi connectivity index (χ4v) is 3.25. The molecule has 0 spiro atoms. The van der Waals surface area contributed by atoms with Crippen LogP contribution in [0.3, 0.4) is 0 Å². The Balaban J connectivity index is 1.57. The van der Waals surface area contributed by atoms with E-state index in [-0.39, 0.29) is 0 Å². The predicted molar refractivity (Wildman–Crippen MR) is 113 cm³/mol. The maximum atomic E-state index is 12.2. The minimum absolute atomic E-state index is 0.372. The minimum Gasteiger partial charge on any atom is -0.489 e. The maximum Gasteiger partial charge on any atom is 0.281 e. The Kier molecular flexibility index (Phi) is 6.61. The molecule has 1 aromatic heterocycles. The number of aryl methyl sites for hydroxylation is 1. The second kappa shape index (κ2) is 9.34. The Morgan fingerprint density at radius 3 is 2.45 bits per heavy atom. The number of hydrazine groups is 1. The van der Waals surface area contributed by atoms with E-state index in [9.17, 15) is 9.59 Å². The second-order valence-corrected chi connectivity index (χ2v) is 7.84. The molecule has 150 valence electrons. The monoisotopic (exact) mass is 409 g/mol. The third-order valence-corrected chi connectivity index (χ3v) is 5.12. The molecule has 0 aliphatic carbocycles. The largest absolute Gasteiger partial charge is 0.489 e. The fourth-order valence-electron chi connectivity index (χ4n) is 2.73. The van der Waals surface area contributed by atoms with Crippen LogP contribution in [-0.2, 0) is 6.61 Å². The smallest absolute Gasteiger partial charge is 0.281 e. The average molecular weight is 410 g/mol. The first-order chi connectivity index (χ1) is 13.9. The normalized spacial score (nSPS) is 10.6. The molecular formula is C22H23N3O3S. The first kappa shape index (κ1) is 20.5. The molecule has 2 N–H and O–H groups in total. The Morgan fingerprint density at radius 1 is 1.07 bits per heavy atom. The second-order valence-electron chi connectivity index (χ2n) is 6.96.